The standard InChI is InChI=1S/C26H31N5O2/c1-17-5-7-20-22(17)23(29-16-28-20)31-15-26(19-13-18(14-27)6-8-21(19)31)9-11-30(12-10-26)24(32)33-25(2,3)4/h6,8,13,16-17H,5,7,9-12,15H2,1-4H3/t17-/m1/s1. The second kappa shape index (κ2) is 7.72. The third-order valence-corrected chi connectivity index (χ3v) is 7.33. The molecule has 0 N–H and O–H groups in total. The van der Waals surface area contributed by atoms with E-state index in [1.165, 1.54) is 11.1 Å². The Hall–Kier alpha value is -3.14. The lowest BCUT2D eigenvalue weighted by Crippen LogP contribution is -2.48. The predicted molar refractivity (Wildman–Crippen MR) is 126 cm³/mol. The number of likely N-dealkylation sites (tertiary alicyclic amines) is 1. The Kier molecular flexibility index (Phi) is 5.08. The number of hydrogen-bond donors (Lipinski definition) is 0. The summed E-state index contributed by atoms with van der Waals surface area (Å²) in [6.07, 6.45) is 5.19. The summed E-state index contributed by atoms with van der Waals surface area (Å²) in [7, 11) is 0. The van der Waals surface area contributed by atoms with Crippen LogP contribution in [0.25, 0.3) is 0 Å². The van der Waals surface area contributed by atoms with Gasteiger partial charge in [-0.15, -0.1) is 0 Å². The van der Waals surface area contributed by atoms with E-state index >= 15 is 0 Å². The molecule has 1 saturated heterocycles. The van der Waals surface area contributed by atoms with Gasteiger partial charge in [0.25, 0.3) is 0 Å². The molecule has 0 radical (unpaired) electrons. The summed E-state index contributed by atoms with van der Waals surface area (Å²) in [5, 5.41) is 9.57. The van der Waals surface area contributed by atoms with E-state index in [4.69, 9.17) is 9.72 Å². The van der Waals surface area contributed by atoms with Gasteiger partial charge >= 0.3 is 6.09 Å². The fourth-order valence-corrected chi connectivity index (χ4v) is 5.64. The minimum atomic E-state index is -0.505. The monoisotopic (exact) mass is 445 g/mol. The van der Waals surface area contributed by atoms with Crippen LogP contribution in [0.15, 0.2) is 24.5 Å². The van der Waals surface area contributed by atoms with E-state index in [1.54, 1.807) is 6.33 Å². The summed E-state index contributed by atoms with van der Waals surface area (Å²) >= 11 is 0. The number of carbonyl (C=O) groups excluding carboxylic acids is 1. The zero-order valence-electron chi connectivity index (χ0n) is 19.9. The largest absolute Gasteiger partial charge is 0.444 e. The van der Waals surface area contributed by atoms with Crippen LogP contribution in [0.5, 0.6) is 0 Å². The molecule has 7 nitrogen and oxygen atoms in total. The topological polar surface area (TPSA) is 82.3 Å². The highest BCUT2D eigenvalue weighted by Crippen LogP contribution is 2.51. The van der Waals surface area contributed by atoms with Crippen molar-refractivity contribution in [2.75, 3.05) is 24.5 Å². The molecule has 1 fully saturated rings. The van der Waals surface area contributed by atoms with E-state index in [-0.39, 0.29) is 11.5 Å². The third-order valence-electron chi connectivity index (χ3n) is 7.33. The summed E-state index contributed by atoms with van der Waals surface area (Å²) < 4.78 is 5.60. The average Bonchev–Trinajstić information content (AvgIpc) is 3.31. The van der Waals surface area contributed by atoms with Gasteiger partial charge in [-0.1, -0.05) is 6.92 Å². The van der Waals surface area contributed by atoms with Gasteiger partial charge in [0.1, 0.15) is 17.7 Å². The third kappa shape index (κ3) is 3.72. The van der Waals surface area contributed by atoms with Gasteiger partial charge in [0.05, 0.1) is 11.6 Å². The number of ether oxygens (including phenoxy) is 1. The molecular formula is C26H31N5O2. The fourth-order valence-electron chi connectivity index (χ4n) is 5.64. The Bertz CT molecular complexity index is 1140. The van der Waals surface area contributed by atoms with Gasteiger partial charge in [0, 0.05) is 42.0 Å². The van der Waals surface area contributed by atoms with Gasteiger partial charge in [-0.3, -0.25) is 0 Å². The molecule has 5 rings (SSSR count). The molecule has 1 aromatic carbocycles. The Morgan fingerprint density at radius 1 is 1.24 bits per heavy atom. The number of anilines is 2. The highest BCUT2D eigenvalue weighted by atomic mass is 16.6. The van der Waals surface area contributed by atoms with Gasteiger partial charge in [-0.25, -0.2) is 14.8 Å². The highest BCUT2D eigenvalue weighted by Gasteiger charge is 2.47. The van der Waals surface area contributed by atoms with Crippen LogP contribution in [0.1, 0.15) is 75.3 Å². The van der Waals surface area contributed by atoms with Crippen molar-refractivity contribution in [1.29, 1.82) is 5.26 Å². The Morgan fingerprint density at radius 2 is 2.00 bits per heavy atom. The number of aryl methyl sites for hydroxylation is 1. The summed E-state index contributed by atoms with van der Waals surface area (Å²) in [5.74, 6) is 1.44. The number of fused-ring (bicyclic) bond motifs is 3. The van der Waals surface area contributed by atoms with Crippen LogP contribution < -0.4 is 4.90 Å². The number of carbonyl (C=O) groups is 1. The molecule has 0 unspecified atom stereocenters. The molecule has 0 saturated carbocycles. The molecular weight excluding hydrogens is 414 g/mol. The quantitative estimate of drug-likeness (QED) is 0.626. The molecule has 33 heavy (non-hydrogen) atoms. The number of nitriles is 1. The van der Waals surface area contributed by atoms with Gasteiger partial charge in [-0.2, -0.15) is 5.26 Å². The summed E-state index contributed by atoms with van der Waals surface area (Å²) in [6, 6.07) is 8.31. The van der Waals surface area contributed by atoms with Crippen LogP contribution in [0.3, 0.4) is 0 Å². The van der Waals surface area contributed by atoms with E-state index in [2.05, 4.69) is 28.9 Å². The normalized spacial score (nSPS) is 21.0. The molecule has 3 heterocycles. The molecule has 1 aromatic heterocycles. The maximum atomic E-state index is 12.6. The van der Waals surface area contributed by atoms with Crippen LogP contribution in [0.4, 0.5) is 16.3 Å². The van der Waals surface area contributed by atoms with Crippen LogP contribution in [0.2, 0.25) is 0 Å². The van der Waals surface area contributed by atoms with Crippen molar-refractivity contribution in [3.05, 3.63) is 46.9 Å². The molecule has 2 aromatic rings. The van der Waals surface area contributed by atoms with Crippen LogP contribution >= 0.6 is 0 Å². The number of benzene rings is 1. The Labute approximate surface area is 195 Å². The minimum Gasteiger partial charge on any atom is -0.444 e. The van der Waals surface area contributed by atoms with E-state index in [1.807, 2.05) is 37.8 Å². The number of nitrogens with zero attached hydrogens (tertiary/aromatic N) is 5. The molecule has 0 bridgehead atoms. The van der Waals surface area contributed by atoms with Crippen molar-refractivity contribution in [2.24, 2.45) is 0 Å². The Morgan fingerprint density at radius 3 is 2.70 bits per heavy atom. The van der Waals surface area contributed by atoms with Crippen molar-refractivity contribution < 1.29 is 9.53 Å². The molecule has 1 aliphatic carbocycles. The first-order valence-corrected chi connectivity index (χ1v) is 11.8. The zero-order valence-corrected chi connectivity index (χ0v) is 19.9. The van der Waals surface area contributed by atoms with Gasteiger partial charge in [0.2, 0.25) is 0 Å². The first kappa shape index (κ1) is 21.7. The minimum absolute atomic E-state index is 0.125. The predicted octanol–water partition coefficient (Wildman–Crippen LogP) is 4.82. The second-order valence-corrected chi connectivity index (χ2v) is 10.7. The van der Waals surface area contributed by atoms with E-state index < -0.39 is 5.60 Å². The van der Waals surface area contributed by atoms with Crippen molar-refractivity contribution >= 4 is 17.6 Å². The number of piperidine rings is 1. The van der Waals surface area contributed by atoms with Crippen LogP contribution in [0, 0.1) is 11.3 Å². The zero-order chi connectivity index (χ0) is 23.4. The summed E-state index contributed by atoms with van der Waals surface area (Å²) in [6.45, 7) is 10.0. The second-order valence-electron chi connectivity index (χ2n) is 10.7. The lowest BCUT2D eigenvalue weighted by molar-refractivity contribution is 0.0171. The van der Waals surface area contributed by atoms with E-state index in [0.29, 0.717) is 24.6 Å². The number of amides is 1. The number of hydrogen-bond acceptors (Lipinski definition) is 6. The number of rotatable bonds is 1. The molecule has 7 heteroatoms. The lowest BCUT2D eigenvalue weighted by Gasteiger charge is -2.40. The SMILES string of the molecule is C[C@@H]1CCc2ncnc(N3CC4(CCN(C(=O)OC(C)(C)C)CC4)c4cc(C#N)ccc43)c21. The summed E-state index contributed by atoms with van der Waals surface area (Å²) in [5.41, 5.74) is 4.78. The maximum Gasteiger partial charge on any atom is 0.410 e. The maximum absolute atomic E-state index is 12.6. The molecule has 172 valence electrons. The van der Waals surface area contributed by atoms with Crippen molar-refractivity contribution in [2.45, 2.75) is 70.3 Å². The van der Waals surface area contributed by atoms with Crippen LogP contribution in [-0.2, 0) is 16.6 Å². The lowest BCUT2D eigenvalue weighted by atomic mass is 9.74. The molecule has 1 amide bonds. The van der Waals surface area contributed by atoms with Gasteiger partial charge < -0.3 is 14.5 Å². The smallest absolute Gasteiger partial charge is 0.410 e. The Balaban J connectivity index is 1.49. The van der Waals surface area contributed by atoms with Crippen molar-refractivity contribution in [3.63, 3.8) is 0 Å². The first-order valence-electron chi connectivity index (χ1n) is 11.8. The van der Waals surface area contributed by atoms with Gasteiger partial charge in [0.15, 0.2) is 0 Å². The fraction of sp³-hybridized carbons (Fsp3) is 0.538. The summed E-state index contributed by atoms with van der Waals surface area (Å²) in [4.78, 5) is 26.1. The van der Waals surface area contributed by atoms with Crippen LogP contribution in [-0.4, -0.2) is 46.2 Å². The molecule has 1 atom stereocenters. The molecule has 1 spiro atoms. The molecule has 3 aliphatic rings. The highest BCUT2D eigenvalue weighted by molar-refractivity contribution is 5.75. The average molecular weight is 446 g/mol. The number of aromatic nitrogens is 2. The van der Waals surface area contributed by atoms with Gasteiger partial charge in [-0.05, 0) is 76.1 Å². The van der Waals surface area contributed by atoms with E-state index in [9.17, 15) is 10.1 Å². The first-order chi connectivity index (χ1) is 15.7. The van der Waals surface area contributed by atoms with Crippen molar-refractivity contribution in [1.82, 2.24) is 14.9 Å². The van der Waals surface area contributed by atoms with Crippen molar-refractivity contribution in [3.8, 4) is 6.07 Å². The van der Waals surface area contributed by atoms with E-state index in [0.717, 1.165) is 49.4 Å². The molecule has 2 aliphatic heterocycles.